The van der Waals surface area contributed by atoms with Gasteiger partial charge in [-0.15, -0.1) is 0 Å². The average Bonchev–Trinajstić information content (AvgIpc) is 2.67. The first-order valence-corrected chi connectivity index (χ1v) is 4.81. The van der Waals surface area contributed by atoms with Crippen LogP contribution in [-0.2, 0) is 6.42 Å². The summed E-state index contributed by atoms with van der Waals surface area (Å²) in [5.74, 6) is 0.146. The second-order valence-corrected chi connectivity index (χ2v) is 3.22. The monoisotopic (exact) mass is 206 g/mol. The number of rotatable bonds is 3. The van der Waals surface area contributed by atoms with Gasteiger partial charge in [-0.2, -0.15) is 5.10 Å². The van der Waals surface area contributed by atoms with Crippen molar-refractivity contribution in [3.8, 4) is 5.82 Å². The lowest BCUT2D eigenvalue weighted by Crippen LogP contribution is -2.00. The highest BCUT2D eigenvalue weighted by atomic mass is 19.1. The highest BCUT2D eigenvalue weighted by molar-refractivity contribution is 5.17. The van der Waals surface area contributed by atoms with Crippen molar-refractivity contribution in [2.75, 3.05) is 0 Å². The Kier molecular flexibility index (Phi) is 2.71. The van der Waals surface area contributed by atoms with Crippen molar-refractivity contribution in [2.45, 2.75) is 19.8 Å². The summed E-state index contributed by atoms with van der Waals surface area (Å²) >= 11 is 0. The van der Waals surface area contributed by atoms with Crippen LogP contribution >= 0.6 is 0 Å². The molecule has 78 valence electrons. The van der Waals surface area contributed by atoms with Crippen LogP contribution in [0.3, 0.4) is 0 Å². The molecule has 5 heteroatoms. The Hall–Kier alpha value is -1.78. The SMILES string of the molecule is CCCc1cnc(-n2cc(F)cn2)cn1. The van der Waals surface area contributed by atoms with Crippen molar-refractivity contribution < 1.29 is 4.39 Å². The zero-order valence-corrected chi connectivity index (χ0v) is 8.39. The lowest BCUT2D eigenvalue weighted by atomic mass is 10.3. The van der Waals surface area contributed by atoms with Crippen molar-refractivity contribution in [1.82, 2.24) is 19.7 Å². The summed E-state index contributed by atoms with van der Waals surface area (Å²) in [6.07, 6.45) is 7.63. The minimum absolute atomic E-state index is 0.380. The van der Waals surface area contributed by atoms with Crippen molar-refractivity contribution in [2.24, 2.45) is 0 Å². The summed E-state index contributed by atoms with van der Waals surface area (Å²) in [4.78, 5) is 8.36. The highest BCUT2D eigenvalue weighted by Gasteiger charge is 2.01. The maximum absolute atomic E-state index is 12.7. The topological polar surface area (TPSA) is 43.6 Å². The Balaban J connectivity index is 2.23. The minimum Gasteiger partial charge on any atom is -0.256 e. The molecule has 0 amide bonds. The van der Waals surface area contributed by atoms with Gasteiger partial charge in [0.1, 0.15) is 0 Å². The molecule has 0 aromatic carbocycles. The number of hydrogen-bond donors (Lipinski definition) is 0. The van der Waals surface area contributed by atoms with E-state index in [9.17, 15) is 4.39 Å². The van der Waals surface area contributed by atoms with Gasteiger partial charge in [0.15, 0.2) is 11.6 Å². The molecule has 0 atom stereocenters. The normalized spacial score (nSPS) is 10.5. The molecule has 0 saturated carbocycles. The second-order valence-electron chi connectivity index (χ2n) is 3.22. The van der Waals surface area contributed by atoms with Crippen molar-refractivity contribution in [3.63, 3.8) is 0 Å². The van der Waals surface area contributed by atoms with E-state index in [2.05, 4.69) is 22.0 Å². The van der Waals surface area contributed by atoms with Crippen LogP contribution in [0.5, 0.6) is 0 Å². The van der Waals surface area contributed by atoms with Gasteiger partial charge in [-0.05, 0) is 6.42 Å². The van der Waals surface area contributed by atoms with Crippen LogP contribution in [0.1, 0.15) is 19.0 Å². The third kappa shape index (κ3) is 2.18. The Morgan fingerprint density at radius 3 is 2.67 bits per heavy atom. The highest BCUT2D eigenvalue weighted by Crippen LogP contribution is 2.04. The molecule has 0 radical (unpaired) electrons. The maximum atomic E-state index is 12.7. The summed E-state index contributed by atoms with van der Waals surface area (Å²) in [5, 5.41) is 3.80. The lowest BCUT2D eigenvalue weighted by Gasteiger charge is -2.00. The maximum Gasteiger partial charge on any atom is 0.171 e. The van der Waals surface area contributed by atoms with Crippen LogP contribution < -0.4 is 0 Å². The van der Waals surface area contributed by atoms with E-state index in [0.717, 1.165) is 24.7 Å². The summed E-state index contributed by atoms with van der Waals surface area (Å²) in [6.45, 7) is 2.08. The van der Waals surface area contributed by atoms with Crippen LogP contribution in [0, 0.1) is 5.82 Å². The molecule has 2 aromatic rings. The molecule has 2 aromatic heterocycles. The zero-order chi connectivity index (χ0) is 10.7. The second kappa shape index (κ2) is 4.16. The third-order valence-corrected chi connectivity index (χ3v) is 1.98. The summed E-state index contributed by atoms with van der Waals surface area (Å²) in [7, 11) is 0. The summed E-state index contributed by atoms with van der Waals surface area (Å²) < 4.78 is 14.0. The molecule has 0 aliphatic heterocycles. The van der Waals surface area contributed by atoms with E-state index in [1.807, 2.05) is 0 Å². The van der Waals surface area contributed by atoms with Gasteiger partial charge in [-0.1, -0.05) is 13.3 Å². The third-order valence-electron chi connectivity index (χ3n) is 1.98. The van der Waals surface area contributed by atoms with E-state index < -0.39 is 0 Å². The van der Waals surface area contributed by atoms with Crippen LogP contribution in [0.25, 0.3) is 5.82 Å². The molecule has 0 fully saturated rings. The number of hydrogen-bond acceptors (Lipinski definition) is 3. The molecular formula is C10H11FN4. The molecule has 0 aliphatic carbocycles. The fraction of sp³-hybridized carbons (Fsp3) is 0.300. The predicted octanol–water partition coefficient (Wildman–Crippen LogP) is 1.75. The molecule has 0 N–H and O–H groups in total. The van der Waals surface area contributed by atoms with Crippen LogP contribution in [-0.4, -0.2) is 19.7 Å². The number of nitrogens with zero attached hydrogens (tertiary/aromatic N) is 4. The van der Waals surface area contributed by atoms with E-state index in [4.69, 9.17) is 0 Å². The van der Waals surface area contributed by atoms with Crippen LogP contribution in [0.15, 0.2) is 24.8 Å². The molecule has 2 rings (SSSR count). The quantitative estimate of drug-likeness (QED) is 0.768. The molecule has 4 nitrogen and oxygen atoms in total. The van der Waals surface area contributed by atoms with Gasteiger partial charge >= 0.3 is 0 Å². The number of aryl methyl sites for hydroxylation is 1. The van der Waals surface area contributed by atoms with Crippen molar-refractivity contribution in [3.05, 3.63) is 36.3 Å². The molecule has 15 heavy (non-hydrogen) atoms. The fourth-order valence-corrected chi connectivity index (χ4v) is 1.28. The molecular weight excluding hydrogens is 195 g/mol. The molecule has 0 spiro atoms. The number of halogens is 1. The first kappa shape index (κ1) is 9.76. The van der Waals surface area contributed by atoms with E-state index in [1.165, 1.54) is 10.9 Å². The van der Waals surface area contributed by atoms with Crippen LogP contribution in [0.2, 0.25) is 0 Å². The zero-order valence-electron chi connectivity index (χ0n) is 8.39. The predicted molar refractivity (Wildman–Crippen MR) is 53.1 cm³/mol. The van der Waals surface area contributed by atoms with Gasteiger partial charge in [0.2, 0.25) is 0 Å². The Bertz CT molecular complexity index is 435. The van der Waals surface area contributed by atoms with Crippen molar-refractivity contribution in [1.29, 1.82) is 0 Å². The molecule has 0 unspecified atom stereocenters. The molecule has 0 saturated heterocycles. The molecule has 0 bridgehead atoms. The van der Waals surface area contributed by atoms with Gasteiger partial charge in [0.05, 0.1) is 30.5 Å². The molecule has 0 aliphatic rings. The van der Waals surface area contributed by atoms with E-state index >= 15 is 0 Å². The smallest absolute Gasteiger partial charge is 0.171 e. The minimum atomic E-state index is -0.380. The van der Waals surface area contributed by atoms with Gasteiger partial charge in [0.25, 0.3) is 0 Å². The van der Waals surface area contributed by atoms with E-state index in [1.54, 1.807) is 12.4 Å². The first-order valence-electron chi connectivity index (χ1n) is 4.81. The standard InChI is InChI=1S/C10H11FN4/c1-2-3-9-5-13-10(6-12-9)15-7-8(11)4-14-15/h4-7H,2-3H2,1H3. The van der Waals surface area contributed by atoms with E-state index in [-0.39, 0.29) is 5.82 Å². The van der Waals surface area contributed by atoms with Gasteiger partial charge in [-0.3, -0.25) is 4.98 Å². The van der Waals surface area contributed by atoms with E-state index in [0.29, 0.717) is 5.82 Å². The Morgan fingerprint density at radius 1 is 1.27 bits per heavy atom. The fourth-order valence-electron chi connectivity index (χ4n) is 1.28. The van der Waals surface area contributed by atoms with Gasteiger partial charge in [-0.25, -0.2) is 14.1 Å². The number of aromatic nitrogens is 4. The largest absolute Gasteiger partial charge is 0.256 e. The summed E-state index contributed by atoms with van der Waals surface area (Å²) in [6, 6.07) is 0. The Morgan fingerprint density at radius 2 is 2.13 bits per heavy atom. The molecule has 2 heterocycles. The first-order chi connectivity index (χ1) is 7.29. The summed E-state index contributed by atoms with van der Waals surface area (Å²) in [5.41, 5.74) is 0.939. The van der Waals surface area contributed by atoms with Gasteiger partial charge < -0.3 is 0 Å². The van der Waals surface area contributed by atoms with Crippen LogP contribution in [0.4, 0.5) is 4.39 Å². The van der Waals surface area contributed by atoms with Gasteiger partial charge in [0, 0.05) is 0 Å². The average molecular weight is 206 g/mol. The lowest BCUT2D eigenvalue weighted by molar-refractivity contribution is 0.626. The van der Waals surface area contributed by atoms with Crippen molar-refractivity contribution >= 4 is 0 Å². The Labute approximate surface area is 86.8 Å².